The van der Waals surface area contributed by atoms with E-state index in [1.54, 1.807) is 0 Å². The van der Waals surface area contributed by atoms with Gasteiger partial charge in [-0.3, -0.25) is 4.90 Å². The molecule has 2 nitrogen and oxygen atoms in total. The lowest BCUT2D eigenvalue weighted by Gasteiger charge is -2.15. The van der Waals surface area contributed by atoms with Crippen molar-refractivity contribution in [2.24, 2.45) is 0 Å². The van der Waals surface area contributed by atoms with Crippen molar-refractivity contribution in [3.63, 3.8) is 0 Å². The van der Waals surface area contributed by atoms with Crippen molar-refractivity contribution in [3.8, 4) is 11.8 Å². The van der Waals surface area contributed by atoms with Crippen LogP contribution in [0, 0.1) is 11.8 Å². The van der Waals surface area contributed by atoms with Crippen LogP contribution in [0.25, 0.3) is 10.8 Å². The number of hydrogen-bond acceptors (Lipinski definition) is 2. The van der Waals surface area contributed by atoms with Crippen LogP contribution in [0.1, 0.15) is 32.4 Å². The molecule has 0 radical (unpaired) electrons. The maximum Gasteiger partial charge on any atom is 0.0604 e. The summed E-state index contributed by atoms with van der Waals surface area (Å²) in [7, 11) is 0. The van der Waals surface area contributed by atoms with E-state index in [0.29, 0.717) is 6.04 Å². The molecule has 0 aromatic heterocycles. The van der Waals surface area contributed by atoms with Gasteiger partial charge in [0.15, 0.2) is 0 Å². The first kappa shape index (κ1) is 18.3. The number of nitrogens with zero attached hydrogens (tertiary/aromatic N) is 1. The number of benzene rings is 2. The monoisotopic (exact) mass is 320 g/mol. The Bertz CT molecular complexity index is 712. The summed E-state index contributed by atoms with van der Waals surface area (Å²) in [5.74, 6) is 6.31. The van der Waals surface area contributed by atoms with Crippen molar-refractivity contribution in [1.29, 1.82) is 0 Å². The molecule has 2 heteroatoms. The number of allylic oxidation sites excluding steroid dienone is 1. The van der Waals surface area contributed by atoms with Gasteiger partial charge in [0.25, 0.3) is 0 Å². The van der Waals surface area contributed by atoms with Gasteiger partial charge in [-0.2, -0.15) is 0 Å². The summed E-state index contributed by atoms with van der Waals surface area (Å²) in [6.45, 7) is 10.3. The molecule has 24 heavy (non-hydrogen) atoms. The quantitative estimate of drug-likeness (QED) is 0.761. The van der Waals surface area contributed by atoms with Crippen LogP contribution in [0.2, 0.25) is 0 Å². The standard InChI is InChI=1S/C22H28N2/c1-4-24(5-2)18-11-7-6-10-17-23-19(3)21-16-12-14-20-13-8-9-15-22(20)21/h6,8-10,12-16,19,23H,4-5,17-18H2,1-3H3/b10-6+/t19-/m1/s1. The summed E-state index contributed by atoms with van der Waals surface area (Å²) >= 11 is 0. The normalized spacial score (nSPS) is 12.5. The Balaban J connectivity index is 1.86. The molecule has 0 saturated carbocycles. The Labute approximate surface area is 146 Å². The van der Waals surface area contributed by atoms with Crippen LogP contribution in [0.3, 0.4) is 0 Å². The Morgan fingerprint density at radius 3 is 2.62 bits per heavy atom. The molecule has 2 aromatic rings. The fraction of sp³-hybridized carbons (Fsp3) is 0.364. The van der Waals surface area contributed by atoms with E-state index in [4.69, 9.17) is 0 Å². The van der Waals surface area contributed by atoms with Gasteiger partial charge in [0.05, 0.1) is 6.54 Å². The fourth-order valence-corrected chi connectivity index (χ4v) is 2.76. The summed E-state index contributed by atoms with van der Waals surface area (Å²) in [4.78, 5) is 2.31. The van der Waals surface area contributed by atoms with Crippen LogP contribution < -0.4 is 5.32 Å². The molecule has 0 amide bonds. The first-order valence-corrected chi connectivity index (χ1v) is 8.83. The smallest absolute Gasteiger partial charge is 0.0604 e. The topological polar surface area (TPSA) is 15.3 Å². The van der Waals surface area contributed by atoms with E-state index in [1.807, 2.05) is 6.08 Å². The lowest BCUT2D eigenvalue weighted by Crippen LogP contribution is -2.22. The molecule has 0 aliphatic heterocycles. The zero-order chi connectivity index (χ0) is 17.2. The molecule has 0 fully saturated rings. The Kier molecular flexibility index (Phi) is 7.55. The summed E-state index contributed by atoms with van der Waals surface area (Å²) in [6.07, 6.45) is 4.04. The van der Waals surface area contributed by atoms with E-state index in [0.717, 1.165) is 26.2 Å². The van der Waals surface area contributed by atoms with Gasteiger partial charge in [0.1, 0.15) is 0 Å². The van der Waals surface area contributed by atoms with Gasteiger partial charge in [-0.15, -0.1) is 0 Å². The third-order valence-corrected chi connectivity index (χ3v) is 4.33. The molecule has 2 rings (SSSR count). The molecule has 0 aliphatic rings. The molecule has 1 atom stereocenters. The molecule has 1 N–H and O–H groups in total. The average Bonchev–Trinajstić information content (AvgIpc) is 2.63. The van der Waals surface area contributed by atoms with Crippen LogP contribution in [0.15, 0.2) is 54.6 Å². The van der Waals surface area contributed by atoms with Gasteiger partial charge in [0.2, 0.25) is 0 Å². The molecule has 0 aliphatic carbocycles. The van der Waals surface area contributed by atoms with Crippen molar-refractivity contribution >= 4 is 10.8 Å². The third-order valence-electron chi connectivity index (χ3n) is 4.33. The predicted molar refractivity (Wildman–Crippen MR) is 105 cm³/mol. The molecular weight excluding hydrogens is 292 g/mol. The van der Waals surface area contributed by atoms with Gasteiger partial charge in [-0.25, -0.2) is 0 Å². The number of fused-ring (bicyclic) bond motifs is 1. The zero-order valence-electron chi connectivity index (χ0n) is 15.0. The first-order valence-electron chi connectivity index (χ1n) is 8.83. The highest BCUT2D eigenvalue weighted by atomic mass is 15.1. The molecular formula is C22H28N2. The van der Waals surface area contributed by atoms with Gasteiger partial charge >= 0.3 is 0 Å². The molecule has 0 bridgehead atoms. The van der Waals surface area contributed by atoms with Crippen molar-refractivity contribution in [2.75, 3.05) is 26.2 Å². The summed E-state index contributed by atoms with van der Waals surface area (Å²) in [5, 5.41) is 6.16. The lowest BCUT2D eigenvalue weighted by atomic mass is 10.00. The Hall–Kier alpha value is -2.08. The Morgan fingerprint density at radius 2 is 1.83 bits per heavy atom. The van der Waals surface area contributed by atoms with Crippen molar-refractivity contribution in [1.82, 2.24) is 10.2 Å². The minimum absolute atomic E-state index is 0.310. The van der Waals surface area contributed by atoms with Crippen molar-refractivity contribution in [3.05, 3.63) is 60.2 Å². The molecule has 0 spiro atoms. The lowest BCUT2D eigenvalue weighted by molar-refractivity contribution is 0.342. The van der Waals surface area contributed by atoms with Crippen LogP contribution in [-0.2, 0) is 0 Å². The molecule has 2 aromatic carbocycles. The van der Waals surface area contributed by atoms with E-state index in [1.165, 1.54) is 16.3 Å². The highest BCUT2D eigenvalue weighted by molar-refractivity contribution is 5.86. The average molecular weight is 320 g/mol. The van der Waals surface area contributed by atoms with Crippen molar-refractivity contribution in [2.45, 2.75) is 26.8 Å². The van der Waals surface area contributed by atoms with Crippen molar-refractivity contribution < 1.29 is 0 Å². The summed E-state index contributed by atoms with van der Waals surface area (Å²) < 4.78 is 0. The number of rotatable bonds is 7. The maximum atomic E-state index is 3.55. The predicted octanol–water partition coefficient (Wildman–Crippen LogP) is 4.39. The minimum Gasteiger partial charge on any atom is -0.307 e. The van der Waals surface area contributed by atoms with Crippen LogP contribution in [0.5, 0.6) is 0 Å². The van der Waals surface area contributed by atoms with Crippen LogP contribution >= 0.6 is 0 Å². The summed E-state index contributed by atoms with van der Waals surface area (Å²) in [6, 6.07) is 15.3. The fourth-order valence-electron chi connectivity index (χ4n) is 2.76. The molecule has 0 unspecified atom stereocenters. The molecule has 0 heterocycles. The van der Waals surface area contributed by atoms with Gasteiger partial charge in [0, 0.05) is 12.6 Å². The zero-order valence-corrected chi connectivity index (χ0v) is 15.0. The maximum absolute atomic E-state index is 3.55. The molecule has 0 saturated heterocycles. The van der Waals surface area contributed by atoms with Crippen LogP contribution in [0.4, 0.5) is 0 Å². The number of hydrogen-bond donors (Lipinski definition) is 1. The molecule has 126 valence electrons. The largest absolute Gasteiger partial charge is 0.307 e. The van der Waals surface area contributed by atoms with E-state index >= 15 is 0 Å². The van der Waals surface area contributed by atoms with Crippen LogP contribution in [-0.4, -0.2) is 31.1 Å². The van der Waals surface area contributed by atoms with Gasteiger partial charge in [-0.05, 0) is 42.4 Å². The Morgan fingerprint density at radius 1 is 1.08 bits per heavy atom. The van der Waals surface area contributed by atoms with E-state index in [-0.39, 0.29) is 0 Å². The third kappa shape index (κ3) is 5.23. The van der Waals surface area contributed by atoms with Gasteiger partial charge < -0.3 is 5.32 Å². The summed E-state index contributed by atoms with van der Waals surface area (Å²) in [5.41, 5.74) is 1.34. The SMILES string of the molecule is CCN(CC)CC#C/C=C/CN[C@H](C)c1cccc2ccccc12. The van der Waals surface area contributed by atoms with E-state index < -0.39 is 0 Å². The minimum atomic E-state index is 0.310. The highest BCUT2D eigenvalue weighted by Crippen LogP contribution is 2.23. The van der Waals surface area contributed by atoms with Gasteiger partial charge in [-0.1, -0.05) is 74.2 Å². The second kappa shape index (κ2) is 9.93. The number of nitrogens with one attached hydrogen (secondary N) is 1. The first-order chi connectivity index (χ1) is 11.8. The second-order valence-corrected chi connectivity index (χ2v) is 5.88. The van der Waals surface area contributed by atoms with E-state index in [9.17, 15) is 0 Å². The van der Waals surface area contributed by atoms with E-state index in [2.05, 4.69) is 91.4 Å². The second-order valence-electron chi connectivity index (χ2n) is 5.88. The highest BCUT2D eigenvalue weighted by Gasteiger charge is 2.07.